The molecule has 5 nitrogen and oxygen atoms in total. The lowest BCUT2D eigenvalue weighted by Gasteiger charge is -2.44. The number of hydrogen-bond donors (Lipinski definition) is 1. The number of nitrogens with one attached hydrogen (secondary N) is 1. The number of rotatable bonds is 6. The fourth-order valence-electron chi connectivity index (χ4n) is 3.47. The van der Waals surface area contributed by atoms with E-state index >= 15 is 0 Å². The quantitative estimate of drug-likeness (QED) is 0.867. The Kier molecular flexibility index (Phi) is 5.79. The van der Waals surface area contributed by atoms with Gasteiger partial charge >= 0.3 is 0 Å². The Labute approximate surface area is 156 Å². The average molecular weight is 354 g/mol. The molecule has 140 valence electrons. The standard InChI is InChI=1S/C21H30N4O/c1-4-23-13-15-25(16-14-23)21(2,3)17-22-20(26)18-7-9-19(10-8-18)24-11-5-6-12-24/h5-12H,4,13-17H2,1-3H3,(H,22,26). The molecule has 26 heavy (non-hydrogen) atoms. The van der Waals surface area contributed by atoms with Crippen LogP contribution in [-0.2, 0) is 0 Å². The van der Waals surface area contributed by atoms with E-state index in [0.717, 1.165) is 38.4 Å². The van der Waals surface area contributed by atoms with Gasteiger partial charge in [-0.15, -0.1) is 0 Å². The van der Waals surface area contributed by atoms with Gasteiger partial charge in [-0.1, -0.05) is 6.92 Å². The van der Waals surface area contributed by atoms with Crippen molar-refractivity contribution in [2.45, 2.75) is 26.3 Å². The zero-order chi connectivity index (χ0) is 18.6. The van der Waals surface area contributed by atoms with Gasteiger partial charge in [0.2, 0.25) is 0 Å². The van der Waals surface area contributed by atoms with E-state index in [1.807, 2.05) is 53.4 Å². The average Bonchev–Trinajstić information content (AvgIpc) is 3.21. The first-order valence-electron chi connectivity index (χ1n) is 9.48. The first kappa shape index (κ1) is 18.7. The van der Waals surface area contributed by atoms with Crippen molar-refractivity contribution in [2.75, 3.05) is 39.3 Å². The molecule has 0 aliphatic carbocycles. The van der Waals surface area contributed by atoms with Gasteiger partial charge in [0, 0.05) is 61.9 Å². The highest BCUT2D eigenvalue weighted by Gasteiger charge is 2.29. The van der Waals surface area contributed by atoms with Crippen LogP contribution in [0.5, 0.6) is 0 Å². The number of hydrogen-bond acceptors (Lipinski definition) is 3. The number of carbonyl (C=O) groups is 1. The van der Waals surface area contributed by atoms with E-state index in [-0.39, 0.29) is 11.4 Å². The van der Waals surface area contributed by atoms with Crippen LogP contribution in [-0.4, -0.2) is 65.1 Å². The highest BCUT2D eigenvalue weighted by molar-refractivity contribution is 5.94. The van der Waals surface area contributed by atoms with Crippen LogP contribution in [0.1, 0.15) is 31.1 Å². The third-order valence-electron chi connectivity index (χ3n) is 5.39. The van der Waals surface area contributed by atoms with Crippen molar-refractivity contribution in [1.82, 2.24) is 19.7 Å². The van der Waals surface area contributed by atoms with Crippen molar-refractivity contribution in [3.05, 3.63) is 54.4 Å². The molecule has 0 saturated carbocycles. The molecule has 1 amide bonds. The molecule has 2 aromatic rings. The molecule has 1 aliphatic heterocycles. The number of likely N-dealkylation sites (N-methyl/N-ethyl adjacent to an activating group) is 1. The summed E-state index contributed by atoms with van der Waals surface area (Å²) in [6, 6.07) is 11.7. The number of benzene rings is 1. The Hall–Kier alpha value is -2.11. The lowest BCUT2D eigenvalue weighted by molar-refractivity contribution is 0.0521. The maximum Gasteiger partial charge on any atom is 0.251 e. The summed E-state index contributed by atoms with van der Waals surface area (Å²) in [6.45, 7) is 12.7. The molecule has 1 N–H and O–H groups in total. The van der Waals surface area contributed by atoms with Gasteiger partial charge in [-0.2, -0.15) is 0 Å². The molecule has 1 aromatic heterocycles. The molecule has 1 fully saturated rings. The summed E-state index contributed by atoms with van der Waals surface area (Å²) >= 11 is 0. The molecule has 0 spiro atoms. The summed E-state index contributed by atoms with van der Waals surface area (Å²) in [7, 11) is 0. The second-order valence-corrected chi connectivity index (χ2v) is 7.55. The number of carbonyl (C=O) groups excluding carboxylic acids is 1. The largest absolute Gasteiger partial charge is 0.350 e. The maximum atomic E-state index is 12.5. The number of amides is 1. The third kappa shape index (κ3) is 4.34. The Bertz CT molecular complexity index is 698. The van der Waals surface area contributed by atoms with E-state index in [2.05, 4.69) is 35.9 Å². The van der Waals surface area contributed by atoms with Crippen LogP contribution in [0.3, 0.4) is 0 Å². The molecule has 0 unspecified atom stereocenters. The van der Waals surface area contributed by atoms with Crippen molar-refractivity contribution >= 4 is 5.91 Å². The minimum atomic E-state index is -0.0411. The van der Waals surface area contributed by atoms with E-state index in [1.165, 1.54) is 0 Å². The lowest BCUT2D eigenvalue weighted by Crippen LogP contribution is -2.58. The molecule has 0 radical (unpaired) electrons. The molecule has 1 aliphatic rings. The van der Waals surface area contributed by atoms with Gasteiger partial charge < -0.3 is 14.8 Å². The van der Waals surface area contributed by atoms with Crippen molar-refractivity contribution in [3.8, 4) is 5.69 Å². The molecular weight excluding hydrogens is 324 g/mol. The smallest absolute Gasteiger partial charge is 0.251 e. The van der Waals surface area contributed by atoms with Crippen LogP contribution < -0.4 is 5.32 Å². The van der Waals surface area contributed by atoms with Gasteiger partial charge in [-0.05, 0) is 56.8 Å². The topological polar surface area (TPSA) is 40.5 Å². The van der Waals surface area contributed by atoms with Crippen molar-refractivity contribution in [3.63, 3.8) is 0 Å². The van der Waals surface area contributed by atoms with E-state index < -0.39 is 0 Å². The summed E-state index contributed by atoms with van der Waals surface area (Å²) in [5, 5.41) is 3.11. The second kappa shape index (κ2) is 8.06. The van der Waals surface area contributed by atoms with E-state index in [0.29, 0.717) is 12.1 Å². The molecule has 1 saturated heterocycles. The fourth-order valence-corrected chi connectivity index (χ4v) is 3.47. The predicted molar refractivity (Wildman–Crippen MR) is 106 cm³/mol. The second-order valence-electron chi connectivity index (χ2n) is 7.55. The third-order valence-corrected chi connectivity index (χ3v) is 5.39. The summed E-state index contributed by atoms with van der Waals surface area (Å²) in [4.78, 5) is 17.5. The Balaban J connectivity index is 1.54. The summed E-state index contributed by atoms with van der Waals surface area (Å²) in [5.41, 5.74) is 1.72. The van der Waals surface area contributed by atoms with Crippen LogP contribution in [0.15, 0.2) is 48.8 Å². The summed E-state index contributed by atoms with van der Waals surface area (Å²) < 4.78 is 2.03. The highest BCUT2D eigenvalue weighted by Crippen LogP contribution is 2.17. The van der Waals surface area contributed by atoms with Crippen molar-refractivity contribution < 1.29 is 4.79 Å². The van der Waals surface area contributed by atoms with Gasteiger partial charge in [0.25, 0.3) is 5.91 Å². The first-order valence-corrected chi connectivity index (χ1v) is 9.48. The molecule has 3 rings (SSSR count). The van der Waals surface area contributed by atoms with Gasteiger partial charge in [0.15, 0.2) is 0 Å². The normalized spacial score (nSPS) is 16.6. The van der Waals surface area contributed by atoms with Gasteiger partial charge in [-0.25, -0.2) is 0 Å². The molecule has 1 aromatic carbocycles. The van der Waals surface area contributed by atoms with Crippen LogP contribution >= 0.6 is 0 Å². The Morgan fingerprint density at radius 2 is 1.65 bits per heavy atom. The van der Waals surface area contributed by atoms with Crippen LogP contribution in [0.4, 0.5) is 0 Å². The van der Waals surface area contributed by atoms with E-state index in [1.54, 1.807) is 0 Å². The SMILES string of the molecule is CCN1CCN(C(C)(C)CNC(=O)c2ccc(-n3cccc3)cc2)CC1. The maximum absolute atomic E-state index is 12.5. The van der Waals surface area contributed by atoms with Crippen LogP contribution in [0, 0.1) is 0 Å². The van der Waals surface area contributed by atoms with E-state index in [9.17, 15) is 4.79 Å². The Morgan fingerprint density at radius 1 is 1.04 bits per heavy atom. The zero-order valence-corrected chi connectivity index (χ0v) is 16.1. The highest BCUT2D eigenvalue weighted by atomic mass is 16.1. The molecule has 5 heteroatoms. The molecule has 2 heterocycles. The minimum absolute atomic E-state index is 0.00988. The number of piperazine rings is 1. The molecule has 0 atom stereocenters. The lowest BCUT2D eigenvalue weighted by atomic mass is 10.0. The Morgan fingerprint density at radius 3 is 2.23 bits per heavy atom. The first-order chi connectivity index (χ1) is 12.5. The molecular formula is C21H30N4O. The summed E-state index contributed by atoms with van der Waals surface area (Å²) in [5.74, 6) is -0.00988. The van der Waals surface area contributed by atoms with Gasteiger partial charge in [-0.3, -0.25) is 9.69 Å². The summed E-state index contributed by atoms with van der Waals surface area (Å²) in [6.07, 6.45) is 3.99. The zero-order valence-electron chi connectivity index (χ0n) is 16.1. The minimum Gasteiger partial charge on any atom is -0.350 e. The van der Waals surface area contributed by atoms with Gasteiger partial charge in [0.1, 0.15) is 0 Å². The van der Waals surface area contributed by atoms with Gasteiger partial charge in [0.05, 0.1) is 0 Å². The van der Waals surface area contributed by atoms with Crippen molar-refractivity contribution in [1.29, 1.82) is 0 Å². The van der Waals surface area contributed by atoms with Crippen LogP contribution in [0.2, 0.25) is 0 Å². The molecule has 0 bridgehead atoms. The van der Waals surface area contributed by atoms with Crippen LogP contribution in [0.25, 0.3) is 5.69 Å². The van der Waals surface area contributed by atoms with Crippen molar-refractivity contribution in [2.24, 2.45) is 0 Å². The van der Waals surface area contributed by atoms with E-state index in [4.69, 9.17) is 0 Å². The fraction of sp³-hybridized carbons (Fsp3) is 0.476. The number of nitrogens with zero attached hydrogens (tertiary/aromatic N) is 3. The predicted octanol–water partition coefficient (Wildman–Crippen LogP) is 2.62. The monoisotopic (exact) mass is 354 g/mol. The number of aromatic nitrogens is 1.